The second-order valence-electron chi connectivity index (χ2n) is 9.48. The van der Waals surface area contributed by atoms with Gasteiger partial charge in [0.1, 0.15) is 24.4 Å². The Kier molecular flexibility index (Phi) is 8.29. The summed E-state index contributed by atoms with van der Waals surface area (Å²) in [5.74, 6) is -1.51. The summed E-state index contributed by atoms with van der Waals surface area (Å²) in [5, 5.41) is 2.64. The highest BCUT2D eigenvalue weighted by atomic mass is 16.6. The van der Waals surface area contributed by atoms with E-state index in [4.69, 9.17) is 15.2 Å². The maximum Gasteiger partial charge on any atom is 0.413 e. The molecule has 35 heavy (non-hydrogen) atoms. The van der Waals surface area contributed by atoms with Gasteiger partial charge < -0.3 is 30.4 Å². The lowest BCUT2D eigenvalue weighted by molar-refractivity contribution is -0.141. The van der Waals surface area contributed by atoms with Gasteiger partial charge in [0.15, 0.2) is 11.9 Å². The van der Waals surface area contributed by atoms with Gasteiger partial charge >= 0.3 is 6.09 Å². The van der Waals surface area contributed by atoms with Gasteiger partial charge in [-0.2, -0.15) is 0 Å². The van der Waals surface area contributed by atoms with Gasteiger partial charge in [-0.05, 0) is 36.3 Å². The Bertz CT molecular complexity index is 1040. The van der Waals surface area contributed by atoms with Crippen LogP contribution in [0.4, 0.5) is 4.79 Å². The molecule has 10 heteroatoms. The van der Waals surface area contributed by atoms with Crippen LogP contribution in [0.2, 0.25) is 0 Å². The van der Waals surface area contributed by atoms with Gasteiger partial charge in [-0.25, -0.2) is 4.79 Å². The highest BCUT2D eigenvalue weighted by Gasteiger charge is 2.45. The van der Waals surface area contributed by atoms with Gasteiger partial charge in [0, 0.05) is 19.4 Å². The van der Waals surface area contributed by atoms with Gasteiger partial charge in [-0.3, -0.25) is 14.4 Å². The number of carbonyl (C=O) groups is 4. The molecule has 3 atom stereocenters. The van der Waals surface area contributed by atoms with E-state index in [2.05, 4.69) is 10.3 Å². The van der Waals surface area contributed by atoms with Gasteiger partial charge in [-0.15, -0.1) is 0 Å². The number of likely N-dealkylation sites (N-methyl/N-ethyl adjacent to an activating group) is 1. The molecule has 1 saturated heterocycles. The van der Waals surface area contributed by atoms with Crippen molar-refractivity contribution in [2.45, 2.75) is 51.3 Å². The molecule has 0 bridgehead atoms. The van der Waals surface area contributed by atoms with E-state index in [1.807, 2.05) is 44.2 Å². The quantitative estimate of drug-likeness (QED) is 0.469. The topological polar surface area (TPSA) is 144 Å². The first kappa shape index (κ1) is 26.0. The van der Waals surface area contributed by atoms with E-state index in [1.54, 1.807) is 12.3 Å². The number of aromatic nitrogens is 1. The van der Waals surface area contributed by atoms with E-state index in [0.717, 1.165) is 17.7 Å². The number of nitrogens with two attached hydrogens (primary N) is 1. The average molecular weight is 485 g/mol. The molecule has 1 aromatic heterocycles. The molecule has 0 radical (unpaired) electrons. The van der Waals surface area contributed by atoms with Crippen LogP contribution in [0, 0.1) is 5.41 Å². The van der Waals surface area contributed by atoms with Crippen LogP contribution in [-0.2, 0) is 25.5 Å². The first-order valence-electron chi connectivity index (χ1n) is 11.4. The van der Waals surface area contributed by atoms with E-state index in [-0.39, 0.29) is 18.4 Å². The summed E-state index contributed by atoms with van der Waals surface area (Å²) in [7, 11) is 1.40. The molecular formula is C25H32N4O6. The van der Waals surface area contributed by atoms with Crippen molar-refractivity contribution < 1.29 is 28.7 Å². The van der Waals surface area contributed by atoms with Crippen LogP contribution in [0.25, 0.3) is 0 Å². The third kappa shape index (κ3) is 6.92. The Labute approximate surface area is 204 Å². The number of primary amides is 1. The molecule has 2 aromatic rings. The number of aryl methyl sites for hydroxylation is 1. The monoisotopic (exact) mass is 484 g/mol. The standard InChI is InChI=1S/C25H32N4O6/c1-25(2,11-9-16-7-5-4-6-8-16)13-18(28-24(33)35-17-10-12-27-14-17)23(32)29(3)20-19(30)15-34-21(20)22(26)31/h4-8,10,12,14,18,20-21,27H,9,11,13,15H2,1-3H3,(H2,26,31)(H,28,33)/t18-,20?,21?/m0/s1. The zero-order valence-electron chi connectivity index (χ0n) is 20.2. The lowest BCUT2D eigenvalue weighted by Gasteiger charge is -2.34. The molecule has 2 unspecified atom stereocenters. The third-order valence-electron chi connectivity index (χ3n) is 6.13. The zero-order valence-corrected chi connectivity index (χ0v) is 20.2. The number of rotatable bonds is 10. The number of carbonyl (C=O) groups excluding carboxylic acids is 4. The Morgan fingerprint density at radius 3 is 2.60 bits per heavy atom. The van der Waals surface area contributed by atoms with E-state index >= 15 is 0 Å². The molecule has 188 valence electrons. The molecule has 1 fully saturated rings. The Hall–Kier alpha value is -3.66. The molecule has 2 heterocycles. The fraction of sp³-hybridized carbons (Fsp3) is 0.440. The normalized spacial score (nSPS) is 18.7. The Morgan fingerprint density at radius 2 is 1.97 bits per heavy atom. The fourth-order valence-electron chi connectivity index (χ4n) is 4.19. The summed E-state index contributed by atoms with van der Waals surface area (Å²) < 4.78 is 10.4. The summed E-state index contributed by atoms with van der Waals surface area (Å²) in [6, 6.07) is 9.36. The van der Waals surface area contributed by atoms with Crippen LogP contribution in [0.15, 0.2) is 48.8 Å². The lowest BCUT2D eigenvalue weighted by atomic mass is 9.80. The molecule has 3 rings (SSSR count). The predicted octanol–water partition coefficient (Wildman–Crippen LogP) is 1.80. The van der Waals surface area contributed by atoms with Crippen LogP contribution in [0.5, 0.6) is 5.75 Å². The molecule has 4 N–H and O–H groups in total. The molecular weight excluding hydrogens is 452 g/mol. The number of ether oxygens (including phenoxy) is 2. The van der Waals surface area contributed by atoms with Crippen LogP contribution < -0.4 is 15.8 Å². The summed E-state index contributed by atoms with van der Waals surface area (Å²) in [5.41, 5.74) is 6.17. The van der Waals surface area contributed by atoms with Crippen molar-refractivity contribution in [2.75, 3.05) is 13.7 Å². The molecule has 10 nitrogen and oxygen atoms in total. The molecule has 1 aromatic carbocycles. The SMILES string of the molecule is CN(C(=O)[C@H](CC(C)(C)CCc1ccccc1)NC(=O)Oc1cc[nH]c1)C1C(=O)COC1C(N)=O. The Morgan fingerprint density at radius 1 is 1.26 bits per heavy atom. The van der Waals surface area contributed by atoms with Gasteiger partial charge in [-0.1, -0.05) is 44.2 Å². The summed E-state index contributed by atoms with van der Waals surface area (Å²) in [6.07, 6.45) is 2.85. The van der Waals surface area contributed by atoms with Gasteiger partial charge in [0.05, 0.1) is 0 Å². The highest BCUT2D eigenvalue weighted by Crippen LogP contribution is 2.30. The number of aromatic amines is 1. The van der Waals surface area contributed by atoms with Crippen molar-refractivity contribution in [3.05, 3.63) is 54.4 Å². The average Bonchev–Trinajstić information content (AvgIpc) is 3.46. The maximum atomic E-state index is 13.5. The second kappa shape index (κ2) is 11.2. The van der Waals surface area contributed by atoms with Crippen LogP contribution >= 0.6 is 0 Å². The lowest BCUT2D eigenvalue weighted by Crippen LogP contribution is -2.57. The maximum absolute atomic E-state index is 13.5. The number of amides is 3. The molecule has 0 aliphatic carbocycles. The van der Waals surface area contributed by atoms with Crippen LogP contribution in [-0.4, -0.2) is 65.4 Å². The number of benzene rings is 1. The first-order valence-corrected chi connectivity index (χ1v) is 11.4. The van der Waals surface area contributed by atoms with Gasteiger partial charge in [0.2, 0.25) is 11.8 Å². The number of hydrogen-bond donors (Lipinski definition) is 3. The molecule has 0 saturated carbocycles. The van der Waals surface area contributed by atoms with Crippen molar-refractivity contribution in [1.29, 1.82) is 0 Å². The number of nitrogens with one attached hydrogen (secondary N) is 2. The molecule has 1 aliphatic heterocycles. The van der Waals surface area contributed by atoms with Crippen molar-refractivity contribution in [1.82, 2.24) is 15.2 Å². The van der Waals surface area contributed by atoms with Crippen LogP contribution in [0.1, 0.15) is 32.3 Å². The summed E-state index contributed by atoms with van der Waals surface area (Å²) in [6.45, 7) is 3.70. The highest BCUT2D eigenvalue weighted by molar-refractivity contribution is 5.99. The third-order valence-corrected chi connectivity index (χ3v) is 6.13. The van der Waals surface area contributed by atoms with Crippen molar-refractivity contribution in [3.8, 4) is 5.75 Å². The smallest absolute Gasteiger partial charge is 0.409 e. The first-order chi connectivity index (χ1) is 16.6. The minimum Gasteiger partial charge on any atom is -0.409 e. The number of nitrogens with zero attached hydrogens (tertiary/aromatic N) is 1. The van der Waals surface area contributed by atoms with Crippen molar-refractivity contribution in [3.63, 3.8) is 0 Å². The molecule has 1 aliphatic rings. The minimum absolute atomic E-state index is 0.272. The zero-order chi connectivity index (χ0) is 25.6. The fourth-order valence-corrected chi connectivity index (χ4v) is 4.19. The van der Waals surface area contributed by atoms with E-state index in [9.17, 15) is 19.2 Å². The van der Waals surface area contributed by atoms with Crippen molar-refractivity contribution >= 4 is 23.7 Å². The minimum atomic E-state index is -1.24. The largest absolute Gasteiger partial charge is 0.413 e. The van der Waals surface area contributed by atoms with Crippen LogP contribution in [0.3, 0.4) is 0 Å². The summed E-state index contributed by atoms with van der Waals surface area (Å²) in [4.78, 5) is 54.2. The van der Waals surface area contributed by atoms with E-state index in [0.29, 0.717) is 5.75 Å². The van der Waals surface area contributed by atoms with E-state index < -0.39 is 41.9 Å². The van der Waals surface area contributed by atoms with Crippen molar-refractivity contribution in [2.24, 2.45) is 11.1 Å². The predicted molar refractivity (Wildman–Crippen MR) is 127 cm³/mol. The number of ketones is 1. The second-order valence-corrected chi connectivity index (χ2v) is 9.48. The molecule has 0 spiro atoms. The summed E-state index contributed by atoms with van der Waals surface area (Å²) >= 11 is 0. The number of Topliss-reactive ketones (excluding diaryl/α,β-unsaturated/α-hetero) is 1. The number of H-pyrrole nitrogens is 1. The van der Waals surface area contributed by atoms with E-state index in [1.165, 1.54) is 18.8 Å². The van der Waals surface area contributed by atoms with Gasteiger partial charge in [0.25, 0.3) is 0 Å². The number of hydrogen-bond acceptors (Lipinski definition) is 6. The molecule has 3 amide bonds. The Balaban J connectivity index is 1.76.